The van der Waals surface area contributed by atoms with Gasteiger partial charge in [-0.25, -0.2) is 9.07 Å². The van der Waals surface area contributed by atoms with E-state index in [-0.39, 0.29) is 11.7 Å². The maximum atomic E-state index is 13.8. The van der Waals surface area contributed by atoms with Gasteiger partial charge in [-0.15, -0.1) is 0 Å². The van der Waals surface area contributed by atoms with Crippen molar-refractivity contribution in [2.45, 2.75) is 26.7 Å². The minimum absolute atomic E-state index is 0.129. The Bertz CT molecular complexity index is 1120. The Kier molecular flexibility index (Phi) is 7.47. The van der Waals surface area contributed by atoms with Crippen molar-refractivity contribution in [3.8, 4) is 23.1 Å². The van der Waals surface area contributed by atoms with Crippen LogP contribution in [0.5, 0.6) is 17.4 Å². The molecule has 180 valence electrons. The zero-order valence-electron chi connectivity index (χ0n) is 20.0. The number of carbonyl (C=O) groups is 1. The van der Waals surface area contributed by atoms with Crippen LogP contribution in [0.3, 0.4) is 0 Å². The Morgan fingerprint density at radius 3 is 2.44 bits per heavy atom. The fraction of sp³-hybridized carbons (Fsp3) is 0.385. The van der Waals surface area contributed by atoms with Crippen molar-refractivity contribution in [3.63, 3.8) is 0 Å². The number of carbonyl (C=O) groups excluding carboxylic acids is 1. The number of hydrogen-bond donors (Lipinski definition) is 0. The second-order valence-corrected chi connectivity index (χ2v) is 8.35. The van der Waals surface area contributed by atoms with Crippen LogP contribution < -0.4 is 9.47 Å². The summed E-state index contributed by atoms with van der Waals surface area (Å²) < 4.78 is 26.9. The van der Waals surface area contributed by atoms with E-state index >= 15 is 0 Å². The van der Waals surface area contributed by atoms with Gasteiger partial charge in [-0.05, 0) is 56.3 Å². The number of ether oxygens (including phenoxy) is 2. The monoisotopic (exact) mass is 466 g/mol. The summed E-state index contributed by atoms with van der Waals surface area (Å²) in [4.78, 5) is 17.2. The van der Waals surface area contributed by atoms with Crippen LogP contribution in [0.4, 0.5) is 4.39 Å². The lowest BCUT2D eigenvalue weighted by atomic mass is 10.1. The van der Waals surface area contributed by atoms with Gasteiger partial charge in [-0.1, -0.05) is 13.0 Å². The van der Waals surface area contributed by atoms with Gasteiger partial charge in [0, 0.05) is 44.2 Å². The van der Waals surface area contributed by atoms with Gasteiger partial charge in [-0.3, -0.25) is 4.79 Å². The third-order valence-corrected chi connectivity index (χ3v) is 6.23. The number of methoxy groups -OCH3 is 1. The number of rotatable bonds is 8. The molecule has 0 radical (unpaired) electrons. The van der Waals surface area contributed by atoms with Gasteiger partial charge in [0.05, 0.1) is 18.5 Å². The molecular weight excluding hydrogens is 435 g/mol. The number of amides is 1. The summed E-state index contributed by atoms with van der Waals surface area (Å²) in [7, 11) is 1.61. The van der Waals surface area contributed by atoms with Gasteiger partial charge in [0.1, 0.15) is 17.3 Å². The SMILES string of the molecule is CCN1CCN(C(=O)CCc2c(C)nn(-c3ccc(OC)cc3)c2Oc2cccc(F)c2)CC1. The summed E-state index contributed by atoms with van der Waals surface area (Å²) in [5, 5.41) is 4.69. The zero-order chi connectivity index (χ0) is 24.1. The fourth-order valence-corrected chi connectivity index (χ4v) is 4.18. The molecule has 4 rings (SSSR count). The summed E-state index contributed by atoms with van der Waals surface area (Å²) in [6.07, 6.45) is 0.847. The summed E-state index contributed by atoms with van der Waals surface area (Å²) in [5.74, 6) is 1.33. The number of aromatic nitrogens is 2. The van der Waals surface area contributed by atoms with Gasteiger partial charge in [0.2, 0.25) is 11.8 Å². The third kappa shape index (κ3) is 5.39. The highest BCUT2D eigenvalue weighted by Gasteiger charge is 2.23. The summed E-state index contributed by atoms with van der Waals surface area (Å²) in [6.45, 7) is 8.37. The van der Waals surface area contributed by atoms with Gasteiger partial charge < -0.3 is 19.3 Å². The molecule has 0 aliphatic carbocycles. The van der Waals surface area contributed by atoms with Crippen LogP contribution in [-0.4, -0.2) is 65.3 Å². The Labute approximate surface area is 199 Å². The highest BCUT2D eigenvalue weighted by molar-refractivity contribution is 5.76. The summed E-state index contributed by atoms with van der Waals surface area (Å²) >= 11 is 0. The zero-order valence-corrected chi connectivity index (χ0v) is 20.0. The van der Waals surface area contributed by atoms with Gasteiger partial charge in [-0.2, -0.15) is 5.10 Å². The van der Waals surface area contributed by atoms with Crippen molar-refractivity contribution in [3.05, 3.63) is 65.6 Å². The molecule has 1 fully saturated rings. The van der Waals surface area contributed by atoms with Crippen LogP contribution in [0.15, 0.2) is 48.5 Å². The molecular formula is C26H31FN4O3. The Balaban J connectivity index is 1.59. The van der Waals surface area contributed by atoms with Crippen LogP contribution >= 0.6 is 0 Å². The topological polar surface area (TPSA) is 59.8 Å². The van der Waals surface area contributed by atoms with Gasteiger partial charge in [0.15, 0.2) is 0 Å². The Morgan fingerprint density at radius 1 is 1.06 bits per heavy atom. The number of piperazine rings is 1. The smallest absolute Gasteiger partial charge is 0.226 e. The molecule has 0 bridgehead atoms. The first-order chi connectivity index (χ1) is 16.5. The molecule has 1 aliphatic heterocycles. The highest BCUT2D eigenvalue weighted by atomic mass is 19.1. The Morgan fingerprint density at radius 2 is 1.79 bits per heavy atom. The molecule has 0 atom stereocenters. The van der Waals surface area contributed by atoms with Crippen molar-refractivity contribution < 1.29 is 18.7 Å². The van der Waals surface area contributed by atoms with E-state index in [1.54, 1.807) is 23.9 Å². The Hall–Kier alpha value is -3.39. The molecule has 8 heteroatoms. The second kappa shape index (κ2) is 10.7. The molecule has 1 aromatic heterocycles. The number of likely N-dealkylation sites (N-methyl/N-ethyl adjacent to an activating group) is 1. The molecule has 7 nitrogen and oxygen atoms in total. The lowest BCUT2D eigenvalue weighted by molar-refractivity contribution is -0.132. The minimum Gasteiger partial charge on any atom is -0.497 e. The van der Waals surface area contributed by atoms with Crippen molar-refractivity contribution in [1.82, 2.24) is 19.6 Å². The average Bonchev–Trinajstić information content (AvgIpc) is 3.17. The number of halogens is 1. The van der Waals surface area contributed by atoms with Crippen LogP contribution in [0.2, 0.25) is 0 Å². The number of aryl methyl sites for hydroxylation is 1. The molecule has 34 heavy (non-hydrogen) atoms. The molecule has 0 unspecified atom stereocenters. The fourth-order valence-electron chi connectivity index (χ4n) is 4.18. The molecule has 0 saturated carbocycles. The largest absolute Gasteiger partial charge is 0.497 e. The van der Waals surface area contributed by atoms with Crippen molar-refractivity contribution in [2.24, 2.45) is 0 Å². The molecule has 1 amide bonds. The van der Waals surface area contributed by atoms with Crippen molar-refractivity contribution in [2.75, 3.05) is 39.8 Å². The number of hydrogen-bond acceptors (Lipinski definition) is 5. The van der Waals surface area contributed by atoms with Crippen LogP contribution in [0.1, 0.15) is 24.6 Å². The molecule has 0 spiro atoms. The summed E-state index contributed by atoms with van der Waals surface area (Å²) in [6, 6.07) is 13.5. The van der Waals surface area contributed by atoms with E-state index in [1.165, 1.54) is 12.1 Å². The second-order valence-electron chi connectivity index (χ2n) is 8.35. The summed E-state index contributed by atoms with van der Waals surface area (Å²) in [5.41, 5.74) is 2.38. The maximum absolute atomic E-state index is 13.8. The molecule has 0 N–H and O–H groups in total. The lowest BCUT2D eigenvalue weighted by Crippen LogP contribution is -2.48. The van der Waals surface area contributed by atoms with Gasteiger partial charge >= 0.3 is 0 Å². The predicted molar refractivity (Wildman–Crippen MR) is 128 cm³/mol. The van der Waals surface area contributed by atoms with Crippen molar-refractivity contribution in [1.29, 1.82) is 0 Å². The molecule has 3 aromatic rings. The van der Waals surface area contributed by atoms with E-state index < -0.39 is 0 Å². The minimum atomic E-state index is -0.382. The molecule has 2 aromatic carbocycles. The lowest BCUT2D eigenvalue weighted by Gasteiger charge is -2.34. The van der Waals surface area contributed by atoms with Gasteiger partial charge in [0.25, 0.3) is 0 Å². The van der Waals surface area contributed by atoms with E-state index in [0.717, 1.165) is 55.4 Å². The normalized spacial score (nSPS) is 14.3. The molecule has 1 aliphatic rings. The van der Waals surface area contributed by atoms with Crippen LogP contribution in [0.25, 0.3) is 5.69 Å². The number of benzene rings is 2. The van der Waals surface area contributed by atoms with E-state index in [0.29, 0.717) is 24.5 Å². The van der Waals surface area contributed by atoms with E-state index in [2.05, 4.69) is 11.8 Å². The highest BCUT2D eigenvalue weighted by Crippen LogP contribution is 2.32. The maximum Gasteiger partial charge on any atom is 0.226 e. The molecule has 1 saturated heterocycles. The van der Waals surface area contributed by atoms with Crippen molar-refractivity contribution >= 4 is 5.91 Å². The van der Waals surface area contributed by atoms with E-state index in [9.17, 15) is 9.18 Å². The first-order valence-corrected chi connectivity index (χ1v) is 11.6. The van der Waals surface area contributed by atoms with Crippen LogP contribution in [-0.2, 0) is 11.2 Å². The molecule has 2 heterocycles. The standard InChI is InChI=1S/C26H31FN4O3/c1-4-29-14-16-30(17-15-29)25(32)13-12-24-19(2)28-31(21-8-10-22(33-3)11-9-21)26(24)34-23-7-5-6-20(27)18-23/h5-11,18H,4,12-17H2,1-3H3. The third-order valence-electron chi connectivity index (χ3n) is 6.23. The quantitative estimate of drug-likeness (QED) is 0.498. The van der Waals surface area contributed by atoms with E-state index in [1.807, 2.05) is 36.1 Å². The average molecular weight is 467 g/mol. The first kappa shape index (κ1) is 23.8. The first-order valence-electron chi connectivity index (χ1n) is 11.6. The van der Waals surface area contributed by atoms with E-state index in [4.69, 9.17) is 14.6 Å². The predicted octanol–water partition coefficient (Wildman–Crippen LogP) is 4.22. The van der Waals surface area contributed by atoms with Crippen LogP contribution in [0, 0.1) is 12.7 Å². The number of nitrogens with zero attached hydrogens (tertiary/aromatic N) is 4.